The zero-order valence-electron chi connectivity index (χ0n) is 16.8. The highest BCUT2D eigenvalue weighted by Crippen LogP contribution is 2.29. The summed E-state index contributed by atoms with van der Waals surface area (Å²) in [6.45, 7) is 7.14. The van der Waals surface area contributed by atoms with E-state index in [4.69, 9.17) is 4.84 Å². The van der Waals surface area contributed by atoms with Gasteiger partial charge in [0.2, 0.25) is 0 Å². The highest BCUT2D eigenvalue weighted by atomic mass is 32.2. The predicted molar refractivity (Wildman–Crippen MR) is 116 cm³/mol. The maximum Gasteiger partial charge on any atom is 0.142 e. The summed E-state index contributed by atoms with van der Waals surface area (Å²) in [5, 5.41) is 4.30. The second kappa shape index (κ2) is 9.24. The molecular weight excluding hydrogens is 373 g/mol. The number of hydrogen-bond donors (Lipinski definition) is 0. The molecule has 1 aliphatic heterocycles. The van der Waals surface area contributed by atoms with Crippen LogP contribution in [0.15, 0.2) is 51.4 Å². The van der Waals surface area contributed by atoms with Crippen LogP contribution in [0.3, 0.4) is 0 Å². The number of nitrogens with zero attached hydrogens (tertiary/aromatic N) is 3. The second-order valence-corrected chi connectivity index (χ2v) is 8.04. The third-order valence-electron chi connectivity index (χ3n) is 4.74. The van der Waals surface area contributed by atoms with Gasteiger partial charge in [0.25, 0.3) is 0 Å². The number of halogens is 1. The lowest BCUT2D eigenvalue weighted by molar-refractivity contribution is 0.103. The Kier molecular flexibility index (Phi) is 6.73. The van der Waals surface area contributed by atoms with E-state index in [-0.39, 0.29) is 11.9 Å². The van der Waals surface area contributed by atoms with Crippen LogP contribution in [-0.4, -0.2) is 42.4 Å². The molecule has 0 spiro atoms. The second-order valence-electron chi connectivity index (χ2n) is 6.98. The van der Waals surface area contributed by atoms with E-state index < -0.39 is 0 Å². The van der Waals surface area contributed by atoms with Gasteiger partial charge in [-0.15, -0.1) is 11.8 Å². The quantitative estimate of drug-likeness (QED) is 0.358. The van der Waals surface area contributed by atoms with Crippen LogP contribution in [-0.2, 0) is 4.84 Å². The molecule has 0 aromatic heterocycles. The Morgan fingerprint density at radius 3 is 2.82 bits per heavy atom. The van der Waals surface area contributed by atoms with E-state index >= 15 is 0 Å². The number of aliphatic imine (C=N–C) groups is 1. The monoisotopic (exact) mass is 399 g/mol. The summed E-state index contributed by atoms with van der Waals surface area (Å²) in [4.78, 5) is 12.9. The van der Waals surface area contributed by atoms with Gasteiger partial charge in [0.1, 0.15) is 11.9 Å². The lowest BCUT2D eigenvalue weighted by Crippen LogP contribution is -2.14. The summed E-state index contributed by atoms with van der Waals surface area (Å²) in [6.07, 6.45) is 2.53. The molecule has 4 nitrogen and oxygen atoms in total. The van der Waals surface area contributed by atoms with Crippen LogP contribution in [0.25, 0.3) is 0 Å². The van der Waals surface area contributed by atoms with Crippen LogP contribution in [0.4, 0.5) is 10.1 Å². The van der Waals surface area contributed by atoms with Gasteiger partial charge in [-0.3, -0.25) is 0 Å². The molecular formula is C22H26FN3OS. The van der Waals surface area contributed by atoms with Crippen molar-refractivity contribution < 1.29 is 9.23 Å². The van der Waals surface area contributed by atoms with E-state index in [1.165, 1.54) is 17.8 Å². The number of hydrogen-bond acceptors (Lipinski definition) is 4. The van der Waals surface area contributed by atoms with Crippen molar-refractivity contribution in [2.75, 3.05) is 19.3 Å². The molecule has 0 saturated heterocycles. The Balaban J connectivity index is 1.65. The van der Waals surface area contributed by atoms with Crippen LogP contribution in [0.5, 0.6) is 0 Å². The van der Waals surface area contributed by atoms with Crippen LogP contribution in [0, 0.1) is 19.7 Å². The summed E-state index contributed by atoms with van der Waals surface area (Å²) in [5.74, 6) is 0.473. The highest BCUT2D eigenvalue weighted by molar-refractivity contribution is 7.99. The summed E-state index contributed by atoms with van der Waals surface area (Å²) < 4.78 is 13.8. The Morgan fingerprint density at radius 2 is 2.07 bits per heavy atom. The number of rotatable bonds is 7. The van der Waals surface area contributed by atoms with Crippen molar-refractivity contribution in [3.8, 4) is 0 Å². The topological polar surface area (TPSA) is 37.2 Å². The number of benzene rings is 2. The van der Waals surface area contributed by atoms with Gasteiger partial charge in [0.15, 0.2) is 0 Å². The fraction of sp³-hybridized carbons (Fsp3) is 0.364. The van der Waals surface area contributed by atoms with Crippen LogP contribution in [0.1, 0.15) is 30.0 Å². The minimum atomic E-state index is -0.192. The van der Waals surface area contributed by atoms with Gasteiger partial charge in [-0.05, 0) is 56.2 Å². The SMILES string of the molecule is CCN(C)/C=N/c1cc(C)c(C2=NOC(CSc3ccccc3F)C2)cc1C. The zero-order valence-corrected chi connectivity index (χ0v) is 17.6. The average Bonchev–Trinajstić information content (AvgIpc) is 3.16. The molecule has 0 fully saturated rings. The summed E-state index contributed by atoms with van der Waals surface area (Å²) in [7, 11) is 2.00. The Hall–Kier alpha value is -2.34. The number of oxime groups is 1. The molecule has 0 N–H and O–H groups in total. The van der Waals surface area contributed by atoms with Crippen molar-refractivity contribution in [3.05, 3.63) is 58.9 Å². The Morgan fingerprint density at radius 1 is 1.29 bits per heavy atom. The Labute approximate surface area is 170 Å². The van der Waals surface area contributed by atoms with Crippen molar-refractivity contribution in [2.24, 2.45) is 10.1 Å². The van der Waals surface area contributed by atoms with Gasteiger partial charge in [0, 0.05) is 36.2 Å². The van der Waals surface area contributed by atoms with E-state index in [0.29, 0.717) is 10.6 Å². The van der Waals surface area contributed by atoms with Gasteiger partial charge < -0.3 is 9.74 Å². The number of aryl methyl sites for hydroxylation is 2. The van der Waals surface area contributed by atoms with Crippen molar-refractivity contribution in [3.63, 3.8) is 0 Å². The van der Waals surface area contributed by atoms with Crippen molar-refractivity contribution in [1.29, 1.82) is 0 Å². The molecule has 0 radical (unpaired) electrons. The highest BCUT2D eigenvalue weighted by Gasteiger charge is 2.24. The van der Waals surface area contributed by atoms with E-state index in [0.717, 1.165) is 41.1 Å². The molecule has 148 valence electrons. The molecule has 1 heterocycles. The molecule has 1 aliphatic rings. The third kappa shape index (κ3) is 4.93. The lowest BCUT2D eigenvalue weighted by atomic mass is 9.97. The standard InChI is InChI=1S/C22H26FN3OS/c1-5-26(4)14-24-20-11-15(2)18(10-16(20)3)21-12-17(27-25-21)13-28-22-9-7-6-8-19(22)23/h6-11,14,17H,5,12-13H2,1-4H3/b24-14+. The first-order valence-corrected chi connectivity index (χ1v) is 10.4. The molecule has 0 aliphatic carbocycles. The maximum atomic E-state index is 13.8. The summed E-state index contributed by atoms with van der Waals surface area (Å²) in [6, 6.07) is 11.0. The van der Waals surface area contributed by atoms with Crippen LogP contribution in [0.2, 0.25) is 0 Å². The molecule has 6 heteroatoms. The molecule has 28 heavy (non-hydrogen) atoms. The van der Waals surface area contributed by atoms with Gasteiger partial charge >= 0.3 is 0 Å². The summed E-state index contributed by atoms with van der Waals surface area (Å²) >= 11 is 1.47. The average molecular weight is 400 g/mol. The van der Waals surface area contributed by atoms with E-state index in [9.17, 15) is 4.39 Å². The minimum Gasteiger partial charge on any atom is -0.391 e. The van der Waals surface area contributed by atoms with Crippen molar-refractivity contribution in [1.82, 2.24) is 4.90 Å². The first-order valence-electron chi connectivity index (χ1n) is 9.44. The lowest BCUT2D eigenvalue weighted by Gasteiger charge is -2.12. The van der Waals surface area contributed by atoms with Gasteiger partial charge in [-0.1, -0.05) is 17.3 Å². The Bertz CT molecular complexity index is 897. The first-order chi connectivity index (χ1) is 13.5. The van der Waals surface area contributed by atoms with Gasteiger partial charge in [0.05, 0.1) is 17.7 Å². The smallest absolute Gasteiger partial charge is 0.142 e. The molecule has 2 aromatic carbocycles. The number of thioether (sulfide) groups is 1. The normalized spacial score (nSPS) is 16.3. The molecule has 3 rings (SSSR count). The zero-order chi connectivity index (χ0) is 20.1. The first kappa shape index (κ1) is 20.4. The predicted octanol–water partition coefficient (Wildman–Crippen LogP) is 5.34. The fourth-order valence-electron chi connectivity index (χ4n) is 2.91. The fourth-order valence-corrected chi connectivity index (χ4v) is 3.84. The molecule has 2 aromatic rings. The van der Waals surface area contributed by atoms with Crippen molar-refractivity contribution >= 4 is 29.5 Å². The summed E-state index contributed by atoms with van der Waals surface area (Å²) in [5.41, 5.74) is 5.24. The molecule has 1 unspecified atom stereocenters. The van der Waals surface area contributed by atoms with Crippen molar-refractivity contribution in [2.45, 2.75) is 38.2 Å². The maximum absolute atomic E-state index is 13.8. The van der Waals surface area contributed by atoms with E-state index in [1.807, 2.05) is 24.4 Å². The van der Waals surface area contributed by atoms with Crippen LogP contribution < -0.4 is 0 Å². The largest absolute Gasteiger partial charge is 0.391 e. The van der Waals surface area contributed by atoms with Gasteiger partial charge in [-0.25, -0.2) is 9.38 Å². The molecule has 0 bridgehead atoms. The van der Waals surface area contributed by atoms with Gasteiger partial charge in [-0.2, -0.15) is 0 Å². The molecule has 0 amide bonds. The molecule has 1 atom stereocenters. The minimum absolute atomic E-state index is 0.0461. The third-order valence-corrected chi connectivity index (χ3v) is 5.92. The van der Waals surface area contributed by atoms with E-state index in [2.05, 4.69) is 43.1 Å². The molecule has 0 saturated carbocycles. The van der Waals surface area contributed by atoms with E-state index in [1.54, 1.807) is 12.1 Å². The van der Waals surface area contributed by atoms with Crippen LogP contribution >= 0.6 is 11.8 Å².